The normalized spacial score (nSPS) is 16.0. The average Bonchev–Trinajstić information content (AvgIpc) is 3.12. The Morgan fingerprint density at radius 1 is 1.17 bits per heavy atom. The van der Waals surface area contributed by atoms with Crippen LogP contribution in [0.1, 0.15) is 46.3 Å². The maximum absolute atomic E-state index is 13.7. The summed E-state index contributed by atoms with van der Waals surface area (Å²) >= 11 is 6.02. The van der Waals surface area contributed by atoms with Crippen LogP contribution in [0.2, 0.25) is 0 Å². The monoisotopic (exact) mass is 506 g/mol. The van der Waals surface area contributed by atoms with Crippen molar-refractivity contribution in [3.63, 3.8) is 0 Å². The number of piperidine rings is 1. The van der Waals surface area contributed by atoms with Gasteiger partial charge in [-0.1, -0.05) is 18.2 Å². The van der Waals surface area contributed by atoms with Crippen LogP contribution in [-0.4, -0.2) is 39.1 Å². The molecule has 0 unspecified atom stereocenters. The second-order valence-corrected chi connectivity index (χ2v) is 10.1. The van der Waals surface area contributed by atoms with Crippen LogP contribution in [0.5, 0.6) is 0 Å². The smallest absolute Gasteiger partial charge is 0.258 e. The quantitative estimate of drug-likeness (QED) is 0.498. The van der Waals surface area contributed by atoms with Gasteiger partial charge < -0.3 is 15.5 Å². The van der Waals surface area contributed by atoms with Crippen LogP contribution in [0, 0.1) is 12.8 Å². The Kier molecular flexibility index (Phi) is 6.98. The third-order valence-corrected chi connectivity index (χ3v) is 7.47. The number of halogens is 1. The molecule has 1 aromatic heterocycles. The molecule has 36 heavy (non-hydrogen) atoms. The van der Waals surface area contributed by atoms with Crippen molar-refractivity contribution >= 4 is 40.8 Å². The van der Waals surface area contributed by atoms with Gasteiger partial charge in [0.15, 0.2) is 0 Å². The number of aromatic nitrogens is 2. The fraction of sp³-hybridized carbons (Fsp3) is 0.370. The highest BCUT2D eigenvalue weighted by Gasteiger charge is 2.27. The van der Waals surface area contributed by atoms with E-state index in [9.17, 15) is 9.59 Å². The van der Waals surface area contributed by atoms with E-state index in [0.717, 1.165) is 59.8 Å². The van der Waals surface area contributed by atoms with Crippen molar-refractivity contribution in [2.24, 2.45) is 13.0 Å². The second kappa shape index (κ2) is 10.3. The zero-order valence-corrected chi connectivity index (χ0v) is 21.4. The maximum Gasteiger partial charge on any atom is 0.258 e. The molecule has 0 radical (unpaired) electrons. The van der Waals surface area contributed by atoms with Gasteiger partial charge in [0.25, 0.3) is 5.91 Å². The van der Waals surface area contributed by atoms with Gasteiger partial charge in [0, 0.05) is 44.2 Å². The van der Waals surface area contributed by atoms with Crippen molar-refractivity contribution in [3.05, 3.63) is 70.9 Å². The third-order valence-electron chi connectivity index (χ3n) is 7.14. The van der Waals surface area contributed by atoms with Gasteiger partial charge in [0.1, 0.15) is 5.82 Å². The van der Waals surface area contributed by atoms with Crippen LogP contribution in [0.3, 0.4) is 0 Å². The molecule has 0 aliphatic carbocycles. The third kappa shape index (κ3) is 5.10. The molecule has 9 heteroatoms. The summed E-state index contributed by atoms with van der Waals surface area (Å²) in [5, 5.41) is 10.8. The van der Waals surface area contributed by atoms with Gasteiger partial charge in [-0.15, -0.1) is 0 Å². The Hall–Kier alpha value is -3.36. The minimum atomic E-state index is -0.0785. The van der Waals surface area contributed by atoms with Gasteiger partial charge in [-0.25, -0.2) is 4.42 Å². The minimum Gasteiger partial charge on any atom is -0.352 e. The van der Waals surface area contributed by atoms with E-state index >= 15 is 0 Å². The molecule has 0 atom stereocenters. The van der Waals surface area contributed by atoms with Crippen LogP contribution >= 0.6 is 11.8 Å². The summed E-state index contributed by atoms with van der Waals surface area (Å²) in [7, 11) is 1.88. The highest BCUT2D eigenvalue weighted by atomic mass is 35.5. The molecule has 8 nitrogen and oxygen atoms in total. The number of nitrogens with one attached hydrogen (secondary N) is 2. The van der Waals surface area contributed by atoms with Gasteiger partial charge in [-0.3, -0.25) is 14.3 Å². The predicted octanol–water partition coefficient (Wildman–Crippen LogP) is 4.50. The Labute approximate surface area is 216 Å². The number of nitrogens with zero attached hydrogens (tertiary/aromatic N) is 4. The van der Waals surface area contributed by atoms with E-state index in [1.54, 1.807) is 20.2 Å². The number of carbonyl (C=O) groups is 2. The number of fused-ring (bicyclic) bond motifs is 2. The molecule has 1 fully saturated rings. The number of hydrogen-bond donors (Lipinski definition) is 2. The van der Waals surface area contributed by atoms with E-state index in [2.05, 4.69) is 15.7 Å². The molecule has 0 saturated carbocycles. The highest BCUT2D eigenvalue weighted by Crippen LogP contribution is 2.36. The molecule has 1 saturated heterocycles. The number of hydrogen-bond acceptors (Lipinski definition) is 5. The Morgan fingerprint density at radius 3 is 2.72 bits per heavy atom. The molecule has 2 aliphatic rings. The van der Waals surface area contributed by atoms with Crippen molar-refractivity contribution in [2.45, 2.75) is 39.3 Å². The first kappa shape index (κ1) is 24.3. The van der Waals surface area contributed by atoms with Gasteiger partial charge in [0.05, 0.1) is 24.1 Å². The summed E-state index contributed by atoms with van der Waals surface area (Å²) in [6.07, 6.45) is 4.22. The number of aryl methyl sites for hydroxylation is 2. The number of para-hydroxylation sites is 2. The number of rotatable bonds is 5. The van der Waals surface area contributed by atoms with Gasteiger partial charge in [0.2, 0.25) is 5.91 Å². The van der Waals surface area contributed by atoms with Gasteiger partial charge >= 0.3 is 0 Å². The molecule has 2 N–H and O–H groups in total. The van der Waals surface area contributed by atoms with E-state index in [-0.39, 0.29) is 11.8 Å². The lowest BCUT2D eigenvalue weighted by Gasteiger charge is -2.26. The minimum absolute atomic E-state index is 0.0588. The van der Waals surface area contributed by atoms with E-state index < -0.39 is 0 Å². The summed E-state index contributed by atoms with van der Waals surface area (Å²) < 4.78 is 3.57. The summed E-state index contributed by atoms with van der Waals surface area (Å²) in [5.41, 5.74) is 5.23. The SMILES string of the molecule is Cc1cc(C(=O)N2Cc3cnn(C)c3Nc3ccccc32)ccc1CNC(=O)CC1CCN(Cl)CC1. The molecule has 3 aromatic rings. The van der Waals surface area contributed by atoms with E-state index in [4.69, 9.17) is 11.8 Å². The standard InChI is InChI=1S/C27H31ClN6O2/c1-18-13-20(7-8-21(18)15-29-25(35)14-19-9-11-33(28)12-10-19)27(36)34-17-22-16-30-32(2)26(22)31-23-5-3-4-6-24(23)34/h3-8,13,16,19,31H,9-12,14-15,17H2,1-2H3,(H,29,35). The fourth-order valence-corrected chi connectivity index (χ4v) is 5.15. The molecule has 0 bridgehead atoms. The highest BCUT2D eigenvalue weighted by molar-refractivity contribution is 6.13. The molecular weight excluding hydrogens is 476 g/mol. The Bertz CT molecular complexity index is 1280. The number of anilines is 3. The first-order valence-electron chi connectivity index (χ1n) is 12.3. The van der Waals surface area contributed by atoms with Crippen LogP contribution in [0.4, 0.5) is 17.2 Å². The summed E-state index contributed by atoms with van der Waals surface area (Å²) in [6.45, 7) is 4.50. The maximum atomic E-state index is 13.7. The summed E-state index contributed by atoms with van der Waals surface area (Å²) in [5.74, 6) is 1.24. The number of benzene rings is 2. The Morgan fingerprint density at radius 2 is 1.94 bits per heavy atom. The zero-order chi connectivity index (χ0) is 25.2. The second-order valence-electron chi connectivity index (χ2n) is 9.65. The average molecular weight is 507 g/mol. The van der Waals surface area contributed by atoms with Crippen molar-refractivity contribution in [3.8, 4) is 0 Å². The Balaban J connectivity index is 1.28. The van der Waals surface area contributed by atoms with Crippen LogP contribution < -0.4 is 15.5 Å². The van der Waals surface area contributed by atoms with Crippen LogP contribution in [0.25, 0.3) is 0 Å². The van der Waals surface area contributed by atoms with Crippen molar-refractivity contribution in [1.29, 1.82) is 0 Å². The van der Waals surface area contributed by atoms with E-state index in [1.165, 1.54) is 0 Å². The lowest BCUT2D eigenvalue weighted by atomic mass is 9.94. The van der Waals surface area contributed by atoms with Crippen molar-refractivity contribution in [1.82, 2.24) is 19.5 Å². The first-order chi connectivity index (χ1) is 17.4. The summed E-state index contributed by atoms with van der Waals surface area (Å²) in [6, 6.07) is 13.5. The lowest BCUT2D eigenvalue weighted by molar-refractivity contribution is -0.122. The van der Waals surface area contributed by atoms with Gasteiger partial charge in [-0.05, 0) is 72.9 Å². The zero-order valence-electron chi connectivity index (χ0n) is 20.6. The molecule has 188 valence electrons. The van der Waals surface area contributed by atoms with E-state index in [1.807, 2.05) is 56.4 Å². The molecular formula is C27H31ClN6O2. The fourth-order valence-electron chi connectivity index (χ4n) is 4.96. The van der Waals surface area contributed by atoms with Crippen LogP contribution in [-0.2, 0) is 24.9 Å². The predicted molar refractivity (Wildman–Crippen MR) is 141 cm³/mol. The first-order valence-corrected chi connectivity index (χ1v) is 12.7. The number of amides is 2. The van der Waals surface area contributed by atoms with Crippen LogP contribution in [0.15, 0.2) is 48.7 Å². The van der Waals surface area contributed by atoms with Gasteiger partial charge in [-0.2, -0.15) is 5.10 Å². The molecule has 2 aromatic carbocycles. The molecule has 2 amide bonds. The lowest BCUT2D eigenvalue weighted by Crippen LogP contribution is -2.31. The van der Waals surface area contributed by atoms with Crippen molar-refractivity contribution < 1.29 is 9.59 Å². The largest absolute Gasteiger partial charge is 0.352 e. The van der Waals surface area contributed by atoms with E-state index in [0.29, 0.717) is 31.0 Å². The van der Waals surface area contributed by atoms with Crippen molar-refractivity contribution in [2.75, 3.05) is 23.3 Å². The topological polar surface area (TPSA) is 82.5 Å². The molecule has 0 spiro atoms. The summed E-state index contributed by atoms with van der Waals surface area (Å²) in [4.78, 5) is 28.0. The molecule has 2 aliphatic heterocycles. The molecule has 3 heterocycles. The number of carbonyl (C=O) groups excluding carboxylic acids is 2. The molecule has 5 rings (SSSR count).